The fourth-order valence-corrected chi connectivity index (χ4v) is 2.77. The molecule has 17 heavy (non-hydrogen) atoms. The van der Waals surface area contributed by atoms with Crippen LogP contribution in [0.2, 0.25) is 0 Å². The van der Waals surface area contributed by atoms with E-state index in [0.717, 1.165) is 12.7 Å². The van der Waals surface area contributed by atoms with Gasteiger partial charge in [0.05, 0.1) is 6.04 Å². The molecule has 0 bridgehead atoms. The minimum atomic E-state index is -0.0992. The van der Waals surface area contributed by atoms with Gasteiger partial charge < -0.3 is 4.79 Å². The van der Waals surface area contributed by atoms with Gasteiger partial charge in [-0.3, -0.25) is 5.32 Å². The second-order valence-corrected chi connectivity index (χ2v) is 4.91. The largest absolute Gasteiger partial charge is 0.301 e. The minimum Gasteiger partial charge on any atom is -0.301 e. The molecule has 0 amide bonds. The number of aryl methyl sites for hydroxylation is 1. The fourth-order valence-electron chi connectivity index (χ4n) is 2.77. The van der Waals surface area contributed by atoms with Crippen molar-refractivity contribution in [2.45, 2.75) is 51.6 Å². The summed E-state index contributed by atoms with van der Waals surface area (Å²) >= 11 is 0. The van der Waals surface area contributed by atoms with Crippen molar-refractivity contribution < 1.29 is 4.79 Å². The Kier molecular flexibility index (Phi) is 3.95. The maximum absolute atomic E-state index is 11.1. The van der Waals surface area contributed by atoms with Gasteiger partial charge in [-0.1, -0.05) is 44.4 Å². The molecule has 1 aliphatic heterocycles. The van der Waals surface area contributed by atoms with Gasteiger partial charge in [0.15, 0.2) is 0 Å². The van der Waals surface area contributed by atoms with Crippen molar-refractivity contribution in [2.24, 2.45) is 0 Å². The Hall–Kier alpha value is -1.15. The molecule has 0 fully saturated rings. The van der Waals surface area contributed by atoms with E-state index < -0.39 is 0 Å². The molecule has 1 aliphatic rings. The Bertz CT molecular complexity index is 400. The Morgan fingerprint density at radius 2 is 2.18 bits per heavy atom. The number of hydrogen-bond acceptors (Lipinski definition) is 2. The topological polar surface area (TPSA) is 29.1 Å². The zero-order valence-electron chi connectivity index (χ0n) is 10.7. The molecule has 1 aromatic carbocycles. The summed E-state index contributed by atoms with van der Waals surface area (Å²) in [6.45, 7) is 4.31. The highest BCUT2D eigenvalue weighted by Crippen LogP contribution is 2.36. The van der Waals surface area contributed by atoms with E-state index in [1.165, 1.54) is 36.0 Å². The number of aldehydes is 1. The highest BCUT2D eigenvalue weighted by molar-refractivity contribution is 5.66. The quantitative estimate of drug-likeness (QED) is 0.621. The lowest BCUT2D eigenvalue weighted by molar-refractivity contribution is -0.109. The Labute approximate surface area is 103 Å². The van der Waals surface area contributed by atoms with Gasteiger partial charge in [-0.25, -0.2) is 0 Å². The van der Waals surface area contributed by atoms with Crippen LogP contribution < -0.4 is 5.32 Å². The van der Waals surface area contributed by atoms with Gasteiger partial charge in [0, 0.05) is 6.04 Å². The molecule has 0 aliphatic carbocycles. The fraction of sp³-hybridized carbons (Fsp3) is 0.533. The summed E-state index contributed by atoms with van der Waals surface area (Å²) in [5.74, 6) is 0. The number of carbonyl (C=O) groups is 1. The molecule has 2 unspecified atom stereocenters. The summed E-state index contributed by atoms with van der Waals surface area (Å²) < 4.78 is 0. The van der Waals surface area contributed by atoms with Crippen LogP contribution in [0.1, 0.15) is 61.4 Å². The zero-order chi connectivity index (χ0) is 12.3. The third kappa shape index (κ3) is 2.42. The highest BCUT2D eigenvalue weighted by Gasteiger charge is 2.30. The lowest BCUT2D eigenvalue weighted by Crippen LogP contribution is -2.18. The maximum atomic E-state index is 11.1. The SMILES string of the molecule is CCCCCC1NC(C=O)c2c(C)cccc21. The monoisotopic (exact) mass is 231 g/mol. The average molecular weight is 231 g/mol. The summed E-state index contributed by atoms with van der Waals surface area (Å²) in [4.78, 5) is 11.1. The van der Waals surface area contributed by atoms with E-state index >= 15 is 0 Å². The predicted molar refractivity (Wildman–Crippen MR) is 70.0 cm³/mol. The molecule has 1 aromatic rings. The molecular formula is C15H21NO. The van der Waals surface area contributed by atoms with Gasteiger partial charge in [0.2, 0.25) is 0 Å². The van der Waals surface area contributed by atoms with Crippen molar-refractivity contribution in [1.29, 1.82) is 0 Å². The normalized spacial score (nSPS) is 22.5. The van der Waals surface area contributed by atoms with Crippen molar-refractivity contribution in [3.8, 4) is 0 Å². The van der Waals surface area contributed by atoms with Crippen LogP contribution in [0, 0.1) is 6.92 Å². The Balaban J connectivity index is 2.19. The molecule has 2 nitrogen and oxygen atoms in total. The maximum Gasteiger partial charge on any atom is 0.141 e. The van der Waals surface area contributed by atoms with Crippen LogP contribution >= 0.6 is 0 Å². The number of unbranched alkanes of at least 4 members (excludes halogenated alkanes) is 2. The molecule has 2 atom stereocenters. The predicted octanol–water partition coefficient (Wildman–Crippen LogP) is 3.46. The van der Waals surface area contributed by atoms with E-state index in [1.54, 1.807) is 0 Å². The van der Waals surface area contributed by atoms with Gasteiger partial charge in [0.1, 0.15) is 6.29 Å². The van der Waals surface area contributed by atoms with Crippen molar-refractivity contribution in [1.82, 2.24) is 5.32 Å². The number of rotatable bonds is 5. The summed E-state index contributed by atoms with van der Waals surface area (Å²) in [6, 6.07) is 6.61. The summed E-state index contributed by atoms with van der Waals surface area (Å²) in [5.41, 5.74) is 3.77. The number of hydrogen-bond donors (Lipinski definition) is 1. The number of benzene rings is 1. The molecule has 2 rings (SSSR count). The second kappa shape index (κ2) is 5.46. The molecule has 0 radical (unpaired) electrons. The molecular weight excluding hydrogens is 210 g/mol. The van der Waals surface area contributed by atoms with Crippen LogP contribution in [0.5, 0.6) is 0 Å². The first-order chi connectivity index (χ1) is 8.27. The van der Waals surface area contributed by atoms with E-state index in [2.05, 4.69) is 37.4 Å². The van der Waals surface area contributed by atoms with E-state index in [-0.39, 0.29) is 6.04 Å². The second-order valence-electron chi connectivity index (χ2n) is 4.91. The molecule has 0 saturated carbocycles. The van der Waals surface area contributed by atoms with E-state index in [1.807, 2.05) is 0 Å². The number of fused-ring (bicyclic) bond motifs is 1. The van der Waals surface area contributed by atoms with Crippen LogP contribution in [-0.2, 0) is 4.79 Å². The Morgan fingerprint density at radius 3 is 2.88 bits per heavy atom. The third-order valence-corrected chi connectivity index (χ3v) is 3.66. The first-order valence-electron chi connectivity index (χ1n) is 6.58. The van der Waals surface area contributed by atoms with Crippen LogP contribution in [0.15, 0.2) is 18.2 Å². The Morgan fingerprint density at radius 1 is 1.35 bits per heavy atom. The van der Waals surface area contributed by atoms with Gasteiger partial charge in [-0.05, 0) is 30.0 Å². The van der Waals surface area contributed by atoms with Crippen molar-refractivity contribution >= 4 is 6.29 Å². The van der Waals surface area contributed by atoms with Gasteiger partial charge >= 0.3 is 0 Å². The summed E-state index contributed by atoms with van der Waals surface area (Å²) in [6.07, 6.45) is 5.91. The molecule has 1 N–H and O–H groups in total. The molecule has 92 valence electrons. The lowest BCUT2D eigenvalue weighted by Gasteiger charge is -2.12. The number of nitrogens with one attached hydrogen (secondary N) is 1. The van der Waals surface area contributed by atoms with Gasteiger partial charge in [-0.15, -0.1) is 0 Å². The highest BCUT2D eigenvalue weighted by atomic mass is 16.1. The molecule has 0 saturated heterocycles. The van der Waals surface area contributed by atoms with E-state index in [9.17, 15) is 4.79 Å². The molecule has 0 spiro atoms. The first kappa shape index (κ1) is 12.3. The zero-order valence-corrected chi connectivity index (χ0v) is 10.7. The molecule has 1 heterocycles. The van der Waals surface area contributed by atoms with Crippen LogP contribution in [0.4, 0.5) is 0 Å². The minimum absolute atomic E-state index is 0.0992. The van der Waals surface area contributed by atoms with Crippen molar-refractivity contribution in [3.63, 3.8) is 0 Å². The van der Waals surface area contributed by atoms with Gasteiger partial charge in [0.25, 0.3) is 0 Å². The standard InChI is InChI=1S/C15H21NO/c1-3-4-5-9-13-12-8-6-7-11(2)15(12)14(10-17)16-13/h6-8,10,13-14,16H,3-5,9H2,1-2H3. The summed E-state index contributed by atoms with van der Waals surface area (Å²) in [5, 5.41) is 3.44. The number of carbonyl (C=O) groups excluding carboxylic acids is 1. The average Bonchev–Trinajstić information content (AvgIpc) is 2.70. The third-order valence-electron chi connectivity index (χ3n) is 3.66. The first-order valence-corrected chi connectivity index (χ1v) is 6.58. The van der Waals surface area contributed by atoms with Gasteiger partial charge in [-0.2, -0.15) is 0 Å². The van der Waals surface area contributed by atoms with Crippen LogP contribution in [0.25, 0.3) is 0 Å². The summed E-state index contributed by atoms with van der Waals surface area (Å²) in [7, 11) is 0. The van der Waals surface area contributed by atoms with E-state index in [4.69, 9.17) is 0 Å². The van der Waals surface area contributed by atoms with E-state index in [0.29, 0.717) is 6.04 Å². The van der Waals surface area contributed by atoms with Crippen molar-refractivity contribution in [3.05, 3.63) is 34.9 Å². The molecule has 0 aromatic heterocycles. The lowest BCUT2D eigenvalue weighted by atomic mass is 9.95. The van der Waals surface area contributed by atoms with Crippen molar-refractivity contribution in [2.75, 3.05) is 0 Å². The molecule has 2 heteroatoms. The van der Waals surface area contributed by atoms with Crippen LogP contribution in [-0.4, -0.2) is 6.29 Å². The van der Waals surface area contributed by atoms with Crippen LogP contribution in [0.3, 0.4) is 0 Å². The smallest absolute Gasteiger partial charge is 0.141 e.